The van der Waals surface area contributed by atoms with Gasteiger partial charge in [0, 0.05) is 12.6 Å². The van der Waals surface area contributed by atoms with Crippen molar-refractivity contribution in [2.45, 2.75) is 60.4 Å². The van der Waals surface area contributed by atoms with Crippen molar-refractivity contribution in [3.63, 3.8) is 0 Å². The first-order chi connectivity index (χ1) is 6.13. The zero-order valence-corrected chi connectivity index (χ0v) is 10.1. The largest absolute Gasteiger partial charge is 0.358 e. The van der Waals surface area contributed by atoms with Crippen LogP contribution in [0.2, 0.25) is 0 Å². The van der Waals surface area contributed by atoms with Gasteiger partial charge in [0.2, 0.25) is 0 Å². The second-order valence-electron chi connectivity index (χ2n) is 3.04. The van der Waals surface area contributed by atoms with Gasteiger partial charge in [0.1, 0.15) is 0 Å². The second kappa shape index (κ2) is 9.56. The number of nitrogens with one attached hydrogen (secondary N) is 1. The van der Waals surface area contributed by atoms with Crippen molar-refractivity contribution in [2.24, 2.45) is 0 Å². The summed E-state index contributed by atoms with van der Waals surface area (Å²) in [7, 11) is 0. The van der Waals surface area contributed by atoms with E-state index >= 15 is 0 Å². The highest BCUT2D eigenvalue weighted by Gasteiger charge is 2.10. The molecular weight excluding hydrogens is 160 g/mol. The predicted molar refractivity (Wildman–Crippen MR) is 61.5 cm³/mol. The average molecular weight is 186 g/mol. The maximum atomic E-state index is 7.51. The summed E-state index contributed by atoms with van der Waals surface area (Å²) in [6.07, 6.45) is 2.25. The van der Waals surface area contributed by atoms with Crippen LogP contribution in [0.1, 0.15) is 54.4 Å². The van der Waals surface area contributed by atoms with Gasteiger partial charge in [-0.2, -0.15) is 0 Å². The van der Waals surface area contributed by atoms with E-state index in [4.69, 9.17) is 5.41 Å². The lowest BCUT2D eigenvalue weighted by atomic mass is 10.2. The van der Waals surface area contributed by atoms with E-state index in [2.05, 4.69) is 25.7 Å². The van der Waals surface area contributed by atoms with Gasteiger partial charge in [0.25, 0.3) is 0 Å². The van der Waals surface area contributed by atoms with Gasteiger partial charge in [-0.25, -0.2) is 0 Å². The Morgan fingerprint density at radius 2 is 1.77 bits per heavy atom. The van der Waals surface area contributed by atoms with Crippen LogP contribution in [0, 0.1) is 5.41 Å². The Kier molecular flexibility index (Phi) is 11.0. The lowest BCUT2D eigenvalue weighted by molar-refractivity contribution is 0.318. The molecular formula is C11H26N2. The minimum Gasteiger partial charge on any atom is -0.358 e. The minimum atomic E-state index is 0.521. The Labute approximate surface area is 83.8 Å². The molecule has 0 amide bonds. The fourth-order valence-electron chi connectivity index (χ4n) is 1.18. The Morgan fingerprint density at radius 3 is 2.00 bits per heavy atom. The SMILES string of the molecule is CC.CCCN(C(C)=N)C(C)CC. The van der Waals surface area contributed by atoms with Crippen molar-refractivity contribution in [2.75, 3.05) is 6.54 Å². The first-order valence-corrected chi connectivity index (χ1v) is 5.45. The third kappa shape index (κ3) is 6.62. The van der Waals surface area contributed by atoms with Gasteiger partial charge in [0.05, 0.1) is 5.84 Å². The Balaban J connectivity index is 0. The van der Waals surface area contributed by atoms with Gasteiger partial charge in [-0.1, -0.05) is 27.7 Å². The smallest absolute Gasteiger partial charge is 0.0928 e. The molecule has 0 heterocycles. The lowest BCUT2D eigenvalue weighted by Gasteiger charge is -2.28. The van der Waals surface area contributed by atoms with Crippen LogP contribution in [0.4, 0.5) is 0 Å². The van der Waals surface area contributed by atoms with Gasteiger partial charge < -0.3 is 4.90 Å². The lowest BCUT2D eigenvalue weighted by Crippen LogP contribution is -2.36. The van der Waals surface area contributed by atoms with Gasteiger partial charge in [-0.15, -0.1) is 0 Å². The van der Waals surface area contributed by atoms with E-state index in [1.54, 1.807) is 0 Å². The molecule has 0 spiro atoms. The van der Waals surface area contributed by atoms with E-state index in [1.165, 1.54) is 0 Å². The molecule has 0 aliphatic carbocycles. The van der Waals surface area contributed by atoms with E-state index in [1.807, 2.05) is 20.8 Å². The molecule has 2 nitrogen and oxygen atoms in total. The molecule has 1 unspecified atom stereocenters. The first-order valence-electron chi connectivity index (χ1n) is 5.45. The van der Waals surface area contributed by atoms with Crippen molar-refractivity contribution >= 4 is 5.84 Å². The molecule has 0 radical (unpaired) electrons. The zero-order valence-electron chi connectivity index (χ0n) is 10.1. The van der Waals surface area contributed by atoms with Crippen LogP contribution in [-0.4, -0.2) is 23.3 Å². The number of hydrogen-bond donors (Lipinski definition) is 1. The van der Waals surface area contributed by atoms with Gasteiger partial charge in [-0.3, -0.25) is 5.41 Å². The van der Waals surface area contributed by atoms with Crippen molar-refractivity contribution in [1.29, 1.82) is 5.41 Å². The van der Waals surface area contributed by atoms with Crippen LogP contribution in [0.15, 0.2) is 0 Å². The Morgan fingerprint density at radius 1 is 1.31 bits per heavy atom. The van der Waals surface area contributed by atoms with Crippen molar-refractivity contribution in [3.05, 3.63) is 0 Å². The molecule has 0 bridgehead atoms. The topological polar surface area (TPSA) is 27.1 Å². The van der Waals surface area contributed by atoms with Crippen LogP contribution in [0.25, 0.3) is 0 Å². The molecule has 1 atom stereocenters. The molecule has 2 heteroatoms. The van der Waals surface area contributed by atoms with Gasteiger partial charge >= 0.3 is 0 Å². The van der Waals surface area contributed by atoms with Gasteiger partial charge in [-0.05, 0) is 26.7 Å². The van der Waals surface area contributed by atoms with Crippen LogP contribution < -0.4 is 0 Å². The molecule has 13 heavy (non-hydrogen) atoms. The third-order valence-corrected chi connectivity index (χ3v) is 2.02. The van der Waals surface area contributed by atoms with Crippen LogP contribution in [0.5, 0.6) is 0 Å². The molecule has 80 valence electrons. The predicted octanol–water partition coefficient (Wildman–Crippen LogP) is 3.52. The molecule has 1 N–H and O–H groups in total. The number of amidine groups is 1. The maximum Gasteiger partial charge on any atom is 0.0928 e. The molecule has 0 rings (SSSR count). The van der Waals surface area contributed by atoms with E-state index in [0.717, 1.165) is 19.4 Å². The zero-order chi connectivity index (χ0) is 10.9. The normalized spacial score (nSPS) is 11.2. The van der Waals surface area contributed by atoms with Gasteiger partial charge in [0.15, 0.2) is 0 Å². The van der Waals surface area contributed by atoms with Crippen LogP contribution in [-0.2, 0) is 0 Å². The molecule has 0 aromatic rings. The molecule has 0 saturated heterocycles. The fraction of sp³-hybridized carbons (Fsp3) is 0.909. The van der Waals surface area contributed by atoms with Crippen molar-refractivity contribution < 1.29 is 0 Å². The molecule has 0 fully saturated rings. The average Bonchev–Trinajstić information content (AvgIpc) is 2.15. The summed E-state index contributed by atoms with van der Waals surface area (Å²) < 4.78 is 0. The fourth-order valence-corrected chi connectivity index (χ4v) is 1.18. The van der Waals surface area contributed by atoms with E-state index < -0.39 is 0 Å². The quantitative estimate of drug-likeness (QED) is 0.528. The second-order valence-corrected chi connectivity index (χ2v) is 3.04. The van der Waals surface area contributed by atoms with E-state index in [0.29, 0.717) is 11.9 Å². The van der Waals surface area contributed by atoms with E-state index in [-0.39, 0.29) is 0 Å². The number of nitrogens with zero attached hydrogens (tertiary/aromatic N) is 1. The van der Waals surface area contributed by atoms with Crippen molar-refractivity contribution in [3.8, 4) is 0 Å². The maximum absolute atomic E-state index is 7.51. The van der Waals surface area contributed by atoms with Crippen molar-refractivity contribution in [1.82, 2.24) is 4.90 Å². The number of rotatable bonds is 4. The highest BCUT2D eigenvalue weighted by atomic mass is 15.2. The Bertz CT molecular complexity index is 121. The van der Waals surface area contributed by atoms with Crippen LogP contribution in [0.3, 0.4) is 0 Å². The molecule has 0 aromatic heterocycles. The standard InChI is InChI=1S/C9H20N2.C2H6/c1-5-7-11(9(4)10)8(3)6-2;1-2/h8,10H,5-7H2,1-4H3;1-2H3. The summed E-state index contributed by atoms with van der Waals surface area (Å²) in [5.74, 6) is 0.696. The highest BCUT2D eigenvalue weighted by molar-refractivity contribution is 5.76. The summed E-state index contributed by atoms with van der Waals surface area (Å²) in [6, 6.07) is 0.521. The minimum absolute atomic E-state index is 0.521. The summed E-state index contributed by atoms with van der Waals surface area (Å²) in [4.78, 5) is 2.15. The highest BCUT2D eigenvalue weighted by Crippen LogP contribution is 2.04. The monoisotopic (exact) mass is 186 g/mol. The summed E-state index contributed by atoms with van der Waals surface area (Å²) in [5.41, 5.74) is 0. The number of hydrogen-bond acceptors (Lipinski definition) is 1. The Hall–Kier alpha value is -0.530. The molecule has 0 aliphatic rings. The third-order valence-electron chi connectivity index (χ3n) is 2.02. The summed E-state index contributed by atoms with van der Waals surface area (Å²) >= 11 is 0. The first kappa shape index (κ1) is 15.0. The van der Waals surface area contributed by atoms with E-state index in [9.17, 15) is 0 Å². The summed E-state index contributed by atoms with van der Waals surface area (Å²) in [6.45, 7) is 13.4. The molecule has 0 saturated carbocycles. The summed E-state index contributed by atoms with van der Waals surface area (Å²) in [5, 5.41) is 7.51. The van der Waals surface area contributed by atoms with Crippen LogP contribution >= 0.6 is 0 Å². The molecule has 0 aromatic carbocycles. The molecule has 0 aliphatic heterocycles.